The van der Waals surface area contributed by atoms with Crippen LogP contribution >= 0.6 is 11.6 Å². The van der Waals surface area contributed by atoms with Crippen molar-refractivity contribution in [3.05, 3.63) is 0 Å². The minimum Gasteiger partial charge on any atom is -0.460 e. The third-order valence-electron chi connectivity index (χ3n) is 3.71. The minimum absolute atomic E-state index is 0.228. The molecule has 0 rings (SSSR count). The first-order valence-electron chi connectivity index (χ1n) is 9.43. The zero-order chi connectivity index (χ0) is 19.6. The van der Waals surface area contributed by atoms with Crippen LogP contribution in [0.3, 0.4) is 0 Å². The van der Waals surface area contributed by atoms with Gasteiger partial charge in [-0.15, -0.1) is 11.6 Å². The summed E-state index contributed by atoms with van der Waals surface area (Å²) in [6, 6.07) is 0. The summed E-state index contributed by atoms with van der Waals surface area (Å²) in [5.74, 6) is 0.507. The van der Waals surface area contributed by atoms with Gasteiger partial charge in [-0.25, -0.2) is 0 Å². The van der Waals surface area contributed by atoms with Crippen LogP contribution in [-0.4, -0.2) is 41.9 Å². The minimum atomic E-state index is -0.542. The largest absolute Gasteiger partial charge is 0.460 e. The quantitative estimate of drug-likeness (QED) is 0.241. The molecule has 150 valence electrons. The Balaban J connectivity index is 4.02. The molecular weight excluding hydrogens is 340 g/mol. The fourth-order valence-electron chi connectivity index (χ4n) is 2.32. The Morgan fingerprint density at radius 1 is 0.800 bits per heavy atom. The highest BCUT2D eigenvalue weighted by atomic mass is 35.5. The molecular formula is C20H39ClO4. The van der Waals surface area contributed by atoms with Crippen LogP contribution in [0.4, 0.5) is 0 Å². The SMILES string of the molecule is CC(C)(C)OC(=O)CC(C)(C)OCCC(C)(C)OCCCCCCCl. The predicted octanol–water partition coefficient (Wildman–Crippen LogP) is 5.50. The van der Waals surface area contributed by atoms with Crippen molar-refractivity contribution in [2.45, 2.75) is 104 Å². The lowest BCUT2D eigenvalue weighted by Gasteiger charge is -2.30. The standard InChI is InChI=1S/C20H39ClO4/c1-18(2,3)25-17(22)16-20(6,7)24-15-12-19(4,5)23-14-11-9-8-10-13-21/h8-16H2,1-7H3. The maximum atomic E-state index is 11.9. The zero-order valence-electron chi connectivity index (χ0n) is 17.4. The van der Waals surface area contributed by atoms with E-state index in [2.05, 4.69) is 13.8 Å². The van der Waals surface area contributed by atoms with Crippen LogP contribution in [0.1, 0.15) is 87.0 Å². The molecule has 0 aromatic heterocycles. The van der Waals surface area contributed by atoms with Gasteiger partial charge in [0.25, 0.3) is 0 Å². The van der Waals surface area contributed by atoms with Gasteiger partial charge in [-0.2, -0.15) is 0 Å². The average Bonchev–Trinajstić information content (AvgIpc) is 2.39. The first-order valence-corrected chi connectivity index (χ1v) is 9.96. The topological polar surface area (TPSA) is 44.8 Å². The second kappa shape index (κ2) is 11.4. The van der Waals surface area contributed by atoms with E-state index in [1.54, 1.807) is 0 Å². The van der Waals surface area contributed by atoms with E-state index in [0.29, 0.717) is 6.61 Å². The van der Waals surface area contributed by atoms with E-state index >= 15 is 0 Å². The molecule has 0 atom stereocenters. The van der Waals surface area contributed by atoms with E-state index in [1.807, 2.05) is 34.6 Å². The highest BCUT2D eigenvalue weighted by Crippen LogP contribution is 2.21. The molecule has 0 amide bonds. The summed E-state index contributed by atoms with van der Waals surface area (Å²) in [7, 11) is 0. The first kappa shape index (κ1) is 24.7. The Bertz CT molecular complexity index is 372. The number of rotatable bonds is 13. The van der Waals surface area contributed by atoms with Crippen LogP contribution in [0.5, 0.6) is 0 Å². The van der Waals surface area contributed by atoms with Crippen LogP contribution in [-0.2, 0) is 19.0 Å². The summed E-state index contributed by atoms with van der Waals surface area (Å²) in [5.41, 5.74) is -1.23. The van der Waals surface area contributed by atoms with E-state index in [9.17, 15) is 4.79 Å². The Kier molecular flexibility index (Phi) is 11.3. The van der Waals surface area contributed by atoms with E-state index < -0.39 is 11.2 Å². The van der Waals surface area contributed by atoms with Gasteiger partial charge in [0.05, 0.1) is 24.2 Å². The lowest BCUT2D eigenvalue weighted by atomic mass is 10.0. The molecule has 0 N–H and O–H groups in total. The van der Waals surface area contributed by atoms with Gasteiger partial charge in [0.2, 0.25) is 0 Å². The molecule has 5 heteroatoms. The van der Waals surface area contributed by atoms with Crippen molar-refractivity contribution in [3.8, 4) is 0 Å². The molecule has 4 nitrogen and oxygen atoms in total. The fraction of sp³-hybridized carbons (Fsp3) is 0.950. The normalized spacial score (nSPS) is 13.1. The Labute approximate surface area is 159 Å². The average molecular weight is 379 g/mol. The lowest BCUT2D eigenvalue weighted by Crippen LogP contribution is -2.34. The van der Waals surface area contributed by atoms with Gasteiger partial charge in [-0.3, -0.25) is 4.79 Å². The van der Waals surface area contributed by atoms with Gasteiger partial charge in [0.15, 0.2) is 0 Å². The second-order valence-corrected chi connectivity index (χ2v) is 9.21. The number of alkyl halides is 1. The Morgan fingerprint density at radius 2 is 1.36 bits per heavy atom. The van der Waals surface area contributed by atoms with Crippen LogP contribution in [0.15, 0.2) is 0 Å². The molecule has 0 aliphatic carbocycles. The van der Waals surface area contributed by atoms with Crippen molar-refractivity contribution in [1.82, 2.24) is 0 Å². The number of unbranched alkanes of at least 4 members (excludes halogenated alkanes) is 3. The van der Waals surface area contributed by atoms with Crippen molar-refractivity contribution in [1.29, 1.82) is 0 Å². The summed E-state index contributed by atoms with van der Waals surface area (Å²) in [4.78, 5) is 11.9. The van der Waals surface area contributed by atoms with Crippen LogP contribution in [0.25, 0.3) is 0 Å². The molecule has 0 radical (unpaired) electrons. The van der Waals surface area contributed by atoms with Crippen LogP contribution in [0, 0.1) is 0 Å². The number of carbonyl (C=O) groups excluding carboxylic acids is 1. The van der Waals surface area contributed by atoms with Crippen molar-refractivity contribution >= 4 is 17.6 Å². The van der Waals surface area contributed by atoms with Gasteiger partial charge in [-0.05, 0) is 67.7 Å². The third kappa shape index (κ3) is 15.6. The smallest absolute Gasteiger partial charge is 0.309 e. The molecule has 0 aromatic rings. The molecule has 0 aliphatic rings. The molecule has 0 saturated carbocycles. The Hall–Kier alpha value is -0.320. The summed E-state index contributed by atoms with van der Waals surface area (Å²) in [5, 5.41) is 0. The monoisotopic (exact) mass is 378 g/mol. The van der Waals surface area contributed by atoms with Gasteiger partial charge in [0.1, 0.15) is 5.60 Å². The third-order valence-corrected chi connectivity index (χ3v) is 3.98. The van der Waals surface area contributed by atoms with E-state index in [-0.39, 0.29) is 18.0 Å². The van der Waals surface area contributed by atoms with Crippen molar-refractivity contribution < 1.29 is 19.0 Å². The van der Waals surface area contributed by atoms with E-state index in [4.69, 9.17) is 25.8 Å². The maximum Gasteiger partial charge on any atom is 0.309 e. The number of ether oxygens (including phenoxy) is 3. The number of hydrogen-bond acceptors (Lipinski definition) is 4. The van der Waals surface area contributed by atoms with Gasteiger partial charge < -0.3 is 14.2 Å². The van der Waals surface area contributed by atoms with E-state index in [1.165, 1.54) is 0 Å². The maximum absolute atomic E-state index is 11.9. The summed E-state index contributed by atoms with van der Waals surface area (Å²) in [6.45, 7) is 14.9. The summed E-state index contributed by atoms with van der Waals surface area (Å²) < 4.78 is 17.2. The first-order chi connectivity index (χ1) is 11.4. The molecule has 0 bridgehead atoms. The van der Waals surface area contributed by atoms with Crippen LogP contribution < -0.4 is 0 Å². The second-order valence-electron chi connectivity index (χ2n) is 8.83. The highest BCUT2D eigenvalue weighted by Gasteiger charge is 2.27. The van der Waals surface area contributed by atoms with Crippen molar-refractivity contribution in [2.75, 3.05) is 19.1 Å². The van der Waals surface area contributed by atoms with Crippen LogP contribution in [0.2, 0.25) is 0 Å². The Morgan fingerprint density at radius 3 is 1.92 bits per heavy atom. The summed E-state index contributed by atoms with van der Waals surface area (Å²) >= 11 is 5.67. The van der Waals surface area contributed by atoms with Crippen molar-refractivity contribution in [3.63, 3.8) is 0 Å². The number of carbonyl (C=O) groups is 1. The van der Waals surface area contributed by atoms with Gasteiger partial charge >= 0.3 is 5.97 Å². The molecule has 0 aromatic carbocycles. The highest BCUT2D eigenvalue weighted by molar-refractivity contribution is 6.17. The molecule has 0 unspecified atom stereocenters. The molecule has 0 fully saturated rings. The van der Waals surface area contributed by atoms with Crippen molar-refractivity contribution in [2.24, 2.45) is 0 Å². The zero-order valence-corrected chi connectivity index (χ0v) is 18.1. The predicted molar refractivity (Wildman–Crippen MR) is 104 cm³/mol. The fourth-order valence-corrected chi connectivity index (χ4v) is 2.51. The number of esters is 1. The lowest BCUT2D eigenvalue weighted by molar-refractivity contribution is -0.162. The molecule has 0 saturated heterocycles. The number of halogens is 1. The van der Waals surface area contributed by atoms with Gasteiger partial charge in [0, 0.05) is 12.5 Å². The van der Waals surface area contributed by atoms with E-state index in [0.717, 1.165) is 44.6 Å². The number of hydrogen-bond donors (Lipinski definition) is 0. The molecule has 0 spiro atoms. The molecule has 0 aliphatic heterocycles. The summed E-state index contributed by atoms with van der Waals surface area (Å²) in [6.07, 6.45) is 5.48. The molecule has 25 heavy (non-hydrogen) atoms. The van der Waals surface area contributed by atoms with Gasteiger partial charge in [-0.1, -0.05) is 12.8 Å². The molecule has 0 heterocycles.